The Morgan fingerprint density at radius 2 is 1.96 bits per heavy atom. The van der Waals surface area contributed by atoms with Gasteiger partial charge in [-0.2, -0.15) is 0 Å². The zero-order chi connectivity index (χ0) is 18.8. The molecular weight excluding hydrogens is 380 g/mol. The lowest BCUT2D eigenvalue weighted by Crippen LogP contribution is -2.33. The van der Waals surface area contributed by atoms with E-state index in [1.165, 1.54) is 16.9 Å². The number of anilines is 1. The van der Waals surface area contributed by atoms with Gasteiger partial charge in [0.2, 0.25) is 11.0 Å². The van der Waals surface area contributed by atoms with Crippen LogP contribution in [0.15, 0.2) is 48.5 Å². The molecule has 0 aliphatic carbocycles. The van der Waals surface area contributed by atoms with E-state index in [1.807, 2.05) is 29.2 Å². The Balaban J connectivity index is 1.41. The third-order valence-electron chi connectivity index (χ3n) is 4.62. The number of amides is 1. The van der Waals surface area contributed by atoms with Gasteiger partial charge in [-0.05, 0) is 25.0 Å². The van der Waals surface area contributed by atoms with Gasteiger partial charge in [0.05, 0.1) is 5.02 Å². The molecule has 2 aromatic carbocycles. The van der Waals surface area contributed by atoms with Crippen molar-refractivity contribution in [3.8, 4) is 10.6 Å². The summed E-state index contributed by atoms with van der Waals surface area (Å²) in [5.74, 6) is 0.102. The second-order valence-electron chi connectivity index (χ2n) is 6.62. The number of aryl methyl sites for hydroxylation is 1. The molecule has 1 N–H and O–H groups in total. The lowest BCUT2D eigenvalue weighted by Gasteiger charge is -2.17. The zero-order valence-electron chi connectivity index (χ0n) is 14.9. The Morgan fingerprint density at radius 3 is 2.74 bits per heavy atom. The smallest absolute Gasteiger partial charge is 0.245 e. The molecule has 7 heteroatoms. The average molecular weight is 399 g/mol. The minimum absolute atomic E-state index is 0.102. The first kappa shape index (κ1) is 17.9. The number of nitrogens with zero attached hydrogens (tertiary/aromatic N) is 3. The number of rotatable bonds is 5. The van der Waals surface area contributed by atoms with Crippen LogP contribution in [0.1, 0.15) is 17.5 Å². The van der Waals surface area contributed by atoms with Crippen LogP contribution in [0.3, 0.4) is 0 Å². The standard InChI is InChI=1S/C20H19ClN4OS/c1-13-6-8-14(9-7-13)12-25-11-10-17(19(25)26)22-20-24-23-18(27-20)15-4-2-3-5-16(15)21/h2-9,17H,10-12H2,1H3,(H,22,24). The van der Waals surface area contributed by atoms with Crippen molar-refractivity contribution in [1.82, 2.24) is 15.1 Å². The van der Waals surface area contributed by atoms with E-state index in [0.29, 0.717) is 16.7 Å². The van der Waals surface area contributed by atoms with Gasteiger partial charge in [0, 0.05) is 18.7 Å². The minimum atomic E-state index is -0.262. The molecule has 0 bridgehead atoms. The van der Waals surface area contributed by atoms with Crippen LogP contribution in [-0.4, -0.2) is 33.6 Å². The topological polar surface area (TPSA) is 58.1 Å². The fourth-order valence-electron chi connectivity index (χ4n) is 3.12. The largest absolute Gasteiger partial charge is 0.348 e. The number of hydrogen-bond donors (Lipinski definition) is 1. The maximum atomic E-state index is 12.7. The molecule has 0 spiro atoms. The molecule has 3 aromatic rings. The molecule has 0 saturated carbocycles. The highest BCUT2D eigenvalue weighted by molar-refractivity contribution is 7.18. The summed E-state index contributed by atoms with van der Waals surface area (Å²) in [5, 5.41) is 13.6. The van der Waals surface area contributed by atoms with Crippen molar-refractivity contribution in [2.45, 2.75) is 25.9 Å². The van der Waals surface area contributed by atoms with E-state index in [0.717, 1.165) is 29.1 Å². The molecule has 1 fully saturated rings. The van der Waals surface area contributed by atoms with Crippen LogP contribution < -0.4 is 5.32 Å². The number of hydrogen-bond acceptors (Lipinski definition) is 5. The molecular formula is C20H19ClN4OS. The predicted octanol–water partition coefficient (Wildman–Crippen LogP) is 4.38. The van der Waals surface area contributed by atoms with Gasteiger partial charge in [-0.3, -0.25) is 4.79 Å². The molecule has 5 nitrogen and oxygen atoms in total. The van der Waals surface area contributed by atoms with Gasteiger partial charge in [-0.1, -0.05) is 71.0 Å². The number of likely N-dealkylation sites (tertiary alicyclic amines) is 1. The third-order valence-corrected chi connectivity index (χ3v) is 5.84. The van der Waals surface area contributed by atoms with Gasteiger partial charge >= 0.3 is 0 Å². The maximum Gasteiger partial charge on any atom is 0.245 e. The Kier molecular flexibility index (Phi) is 5.09. The van der Waals surface area contributed by atoms with Crippen molar-refractivity contribution >= 4 is 34.0 Å². The number of aromatic nitrogens is 2. The van der Waals surface area contributed by atoms with Crippen LogP contribution in [0, 0.1) is 6.92 Å². The number of benzene rings is 2. The van der Waals surface area contributed by atoms with E-state index in [1.54, 1.807) is 0 Å². The normalized spacial score (nSPS) is 16.7. The summed E-state index contributed by atoms with van der Waals surface area (Å²) < 4.78 is 0. The van der Waals surface area contributed by atoms with Crippen LogP contribution in [-0.2, 0) is 11.3 Å². The highest BCUT2D eigenvalue weighted by atomic mass is 35.5. The number of carbonyl (C=O) groups is 1. The van der Waals surface area contributed by atoms with Crippen LogP contribution in [0.25, 0.3) is 10.6 Å². The molecule has 27 heavy (non-hydrogen) atoms. The second-order valence-corrected chi connectivity index (χ2v) is 8.01. The molecule has 138 valence electrons. The first-order valence-electron chi connectivity index (χ1n) is 8.79. The minimum Gasteiger partial charge on any atom is -0.348 e. The molecule has 1 amide bonds. The number of carbonyl (C=O) groups excluding carboxylic acids is 1. The highest BCUT2D eigenvalue weighted by Crippen LogP contribution is 2.32. The zero-order valence-corrected chi connectivity index (χ0v) is 16.4. The summed E-state index contributed by atoms with van der Waals surface area (Å²) >= 11 is 7.63. The van der Waals surface area contributed by atoms with Crippen molar-refractivity contribution < 1.29 is 4.79 Å². The molecule has 1 aromatic heterocycles. The van der Waals surface area contributed by atoms with E-state index >= 15 is 0 Å². The predicted molar refractivity (Wildman–Crippen MR) is 109 cm³/mol. The van der Waals surface area contributed by atoms with Gasteiger partial charge in [0.15, 0.2) is 5.01 Å². The van der Waals surface area contributed by atoms with Crippen LogP contribution in [0.5, 0.6) is 0 Å². The lowest BCUT2D eigenvalue weighted by atomic mass is 10.1. The van der Waals surface area contributed by atoms with Gasteiger partial charge in [-0.15, -0.1) is 10.2 Å². The molecule has 1 atom stereocenters. The quantitative estimate of drug-likeness (QED) is 0.692. The first-order chi connectivity index (χ1) is 13.1. The Labute approximate surface area is 167 Å². The molecule has 1 unspecified atom stereocenters. The van der Waals surface area contributed by atoms with E-state index in [4.69, 9.17) is 11.6 Å². The summed E-state index contributed by atoms with van der Waals surface area (Å²) in [6.07, 6.45) is 0.756. The summed E-state index contributed by atoms with van der Waals surface area (Å²) in [6.45, 7) is 3.43. The number of halogens is 1. The molecule has 2 heterocycles. The highest BCUT2D eigenvalue weighted by Gasteiger charge is 2.32. The molecule has 0 radical (unpaired) electrons. The van der Waals surface area contributed by atoms with Crippen LogP contribution >= 0.6 is 22.9 Å². The van der Waals surface area contributed by atoms with Crippen molar-refractivity contribution in [2.75, 3.05) is 11.9 Å². The number of nitrogens with one attached hydrogen (secondary N) is 1. The van der Waals surface area contributed by atoms with Crippen molar-refractivity contribution in [3.05, 3.63) is 64.7 Å². The molecule has 1 saturated heterocycles. The van der Waals surface area contributed by atoms with Crippen LogP contribution in [0.2, 0.25) is 5.02 Å². The lowest BCUT2D eigenvalue weighted by molar-refractivity contribution is -0.128. The molecule has 1 aliphatic heterocycles. The van der Waals surface area contributed by atoms with Crippen molar-refractivity contribution in [2.24, 2.45) is 0 Å². The fourth-order valence-corrected chi connectivity index (χ4v) is 4.23. The summed E-state index contributed by atoms with van der Waals surface area (Å²) in [7, 11) is 0. The first-order valence-corrected chi connectivity index (χ1v) is 9.99. The summed E-state index contributed by atoms with van der Waals surface area (Å²) in [6, 6.07) is 15.6. The van der Waals surface area contributed by atoms with Gasteiger partial charge < -0.3 is 10.2 Å². The Hall–Kier alpha value is -2.44. The molecule has 4 rings (SSSR count). The van der Waals surface area contributed by atoms with Crippen molar-refractivity contribution in [1.29, 1.82) is 0 Å². The van der Waals surface area contributed by atoms with Crippen molar-refractivity contribution in [3.63, 3.8) is 0 Å². The van der Waals surface area contributed by atoms with E-state index in [9.17, 15) is 4.79 Å². The Bertz CT molecular complexity index is 957. The third kappa shape index (κ3) is 3.96. The monoisotopic (exact) mass is 398 g/mol. The molecule has 1 aliphatic rings. The summed E-state index contributed by atoms with van der Waals surface area (Å²) in [4.78, 5) is 14.6. The van der Waals surface area contributed by atoms with Gasteiger partial charge in [-0.25, -0.2) is 0 Å². The summed E-state index contributed by atoms with van der Waals surface area (Å²) in [5.41, 5.74) is 3.21. The maximum absolute atomic E-state index is 12.7. The Morgan fingerprint density at radius 1 is 1.19 bits per heavy atom. The fraction of sp³-hybridized carbons (Fsp3) is 0.250. The van der Waals surface area contributed by atoms with E-state index in [2.05, 4.69) is 46.7 Å². The van der Waals surface area contributed by atoms with E-state index < -0.39 is 0 Å². The van der Waals surface area contributed by atoms with Gasteiger partial charge in [0.25, 0.3) is 0 Å². The second kappa shape index (κ2) is 7.66. The average Bonchev–Trinajstić information content (AvgIpc) is 3.26. The SMILES string of the molecule is Cc1ccc(CN2CCC(Nc3nnc(-c4ccccc4Cl)s3)C2=O)cc1. The van der Waals surface area contributed by atoms with Crippen LogP contribution in [0.4, 0.5) is 5.13 Å². The van der Waals surface area contributed by atoms with Gasteiger partial charge in [0.1, 0.15) is 6.04 Å². The van der Waals surface area contributed by atoms with E-state index in [-0.39, 0.29) is 11.9 Å².